The molecule has 20 heavy (non-hydrogen) atoms. The third-order valence-electron chi connectivity index (χ3n) is 2.91. The topological polar surface area (TPSA) is 36.0 Å². The monoisotopic (exact) mass is 319 g/mol. The quantitative estimate of drug-likeness (QED) is 0.612. The molecule has 2 N–H and O–H groups in total. The zero-order valence-electron chi connectivity index (χ0n) is 10.3. The van der Waals surface area contributed by atoms with Gasteiger partial charge in [-0.05, 0) is 59.7 Å². The average molecular weight is 320 g/mol. The highest BCUT2D eigenvalue weighted by Crippen LogP contribution is 2.36. The summed E-state index contributed by atoms with van der Waals surface area (Å²) in [4.78, 5) is 4.27. The predicted molar refractivity (Wildman–Crippen MR) is 87.1 cm³/mol. The van der Waals surface area contributed by atoms with E-state index in [2.05, 4.69) is 4.98 Å². The van der Waals surface area contributed by atoms with E-state index < -0.39 is 0 Å². The molecule has 5 heteroatoms. The van der Waals surface area contributed by atoms with Crippen molar-refractivity contribution in [2.45, 2.75) is 0 Å². The van der Waals surface area contributed by atoms with Crippen LogP contribution in [0.5, 0.6) is 5.75 Å². The molecular weight excluding hydrogens is 310 g/mol. The number of aromatic amines is 1. The van der Waals surface area contributed by atoms with Gasteiger partial charge in [-0.15, -0.1) is 11.3 Å². The lowest BCUT2D eigenvalue weighted by molar-refractivity contribution is 0.475. The molecule has 0 aliphatic rings. The first-order valence-electron chi connectivity index (χ1n) is 5.92. The van der Waals surface area contributed by atoms with Crippen LogP contribution in [-0.4, -0.2) is 10.1 Å². The van der Waals surface area contributed by atoms with Crippen molar-refractivity contribution in [2.24, 2.45) is 0 Å². The Morgan fingerprint density at radius 2 is 1.55 bits per heavy atom. The predicted octanol–water partition coefficient (Wildman–Crippen LogP) is 5.50. The van der Waals surface area contributed by atoms with Crippen molar-refractivity contribution in [1.29, 1.82) is 0 Å². The molecule has 100 valence electrons. The molecule has 0 unspecified atom stereocenters. The number of H-pyrrole nitrogens is 1. The summed E-state index contributed by atoms with van der Waals surface area (Å²) < 4.78 is 0.720. The van der Waals surface area contributed by atoms with Crippen LogP contribution in [0.15, 0.2) is 48.5 Å². The molecule has 0 saturated carbocycles. The fraction of sp³-hybridized carbons (Fsp3) is 0. The summed E-state index contributed by atoms with van der Waals surface area (Å²) in [5, 5.41) is 10.1. The van der Waals surface area contributed by atoms with E-state index in [1.807, 2.05) is 36.4 Å². The minimum absolute atomic E-state index is 0.251. The zero-order valence-corrected chi connectivity index (χ0v) is 12.6. The summed E-state index contributed by atoms with van der Waals surface area (Å²) >= 11 is 12.7. The minimum atomic E-state index is 0.251. The number of nitrogens with one attached hydrogen (secondary N) is 1. The summed E-state index contributed by atoms with van der Waals surface area (Å²) in [6, 6.07) is 14.7. The van der Waals surface area contributed by atoms with Gasteiger partial charge in [-0.1, -0.05) is 23.7 Å². The van der Waals surface area contributed by atoms with Crippen LogP contribution in [0.2, 0.25) is 5.02 Å². The molecule has 2 nitrogen and oxygen atoms in total. The molecular formula is C15H10ClNOS2. The maximum Gasteiger partial charge on any atom is 0.159 e. The van der Waals surface area contributed by atoms with E-state index in [0.717, 1.165) is 25.7 Å². The summed E-state index contributed by atoms with van der Waals surface area (Å²) in [6.07, 6.45) is 0. The van der Waals surface area contributed by atoms with E-state index in [-0.39, 0.29) is 5.75 Å². The number of halogens is 1. The summed E-state index contributed by atoms with van der Waals surface area (Å²) in [5.74, 6) is 0.251. The second kappa shape index (κ2) is 5.40. The van der Waals surface area contributed by atoms with Gasteiger partial charge in [0.05, 0.1) is 10.6 Å². The molecule has 0 radical (unpaired) electrons. The van der Waals surface area contributed by atoms with Gasteiger partial charge in [0.15, 0.2) is 3.95 Å². The van der Waals surface area contributed by atoms with Gasteiger partial charge in [0, 0.05) is 5.02 Å². The average Bonchev–Trinajstić information content (AvgIpc) is 2.82. The van der Waals surface area contributed by atoms with Gasteiger partial charge in [-0.3, -0.25) is 0 Å². The lowest BCUT2D eigenvalue weighted by Gasteiger charge is -2.04. The van der Waals surface area contributed by atoms with Crippen molar-refractivity contribution in [3.05, 3.63) is 57.5 Å². The van der Waals surface area contributed by atoms with Crippen molar-refractivity contribution in [1.82, 2.24) is 4.98 Å². The van der Waals surface area contributed by atoms with Crippen LogP contribution in [0.3, 0.4) is 0 Å². The summed E-state index contributed by atoms with van der Waals surface area (Å²) in [6.45, 7) is 0. The Hall–Kier alpha value is -1.62. The molecule has 2 aromatic carbocycles. The number of thiazole rings is 1. The number of benzene rings is 2. The standard InChI is InChI=1S/C15H10ClNOS2/c16-11-5-1-9(2-6-11)13-14(20-15(19)17-13)10-3-7-12(18)8-4-10/h1-8,18H,(H,17,19). The minimum Gasteiger partial charge on any atom is -0.508 e. The van der Waals surface area contributed by atoms with Gasteiger partial charge in [-0.25, -0.2) is 0 Å². The molecule has 3 rings (SSSR count). The van der Waals surface area contributed by atoms with Crippen LogP contribution >= 0.6 is 35.2 Å². The van der Waals surface area contributed by atoms with Crippen molar-refractivity contribution in [3.8, 4) is 27.4 Å². The molecule has 0 aliphatic heterocycles. The molecule has 0 fully saturated rings. The van der Waals surface area contributed by atoms with Crippen molar-refractivity contribution < 1.29 is 5.11 Å². The SMILES string of the molecule is Oc1ccc(-c2sc(=S)[nH]c2-c2ccc(Cl)cc2)cc1. The Morgan fingerprint density at radius 3 is 2.20 bits per heavy atom. The molecule has 1 aromatic heterocycles. The summed E-state index contributed by atoms with van der Waals surface area (Å²) in [7, 11) is 0. The number of aromatic hydroxyl groups is 1. The largest absolute Gasteiger partial charge is 0.508 e. The van der Waals surface area contributed by atoms with Gasteiger partial charge in [0.2, 0.25) is 0 Å². The number of phenols is 1. The number of hydrogen-bond acceptors (Lipinski definition) is 3. The fourth-order valence-electron chi connectivity index (χ4n) is 1.96. The van der Waals surface area contributed by atoms with Crippen LogP contribution in [0, 0.1) is 3.95 Å². The number of phenolic OH excluding ortho intramolecular Hbond substituents is 1. The number of rotatable bonds is 2. The van der Waals surface area contributed by atoms with Gasteiger partial charge < -0.3 is 10.1 Å². The Labute approximate surface area is 130 Å². The highest BCUT2D eigenvalue weighted by atomic mass is 35.5. The third kappa shape index (κ3) is 2.63. The van der Waals surface area contributed by atoms with Crippen LogP contribution in [-0.2, 0) is 0 Å². The molecule has 0 aliphatic carbocycles. The molecule has 0 saturated heterocycles. The van der Waals surface area contributed by atoms with Crippen molar-refractivity contribution in [3.63, 3.8) is 0 Å². The Balaban J connectivity index is 2.15. The lowest BCUT2D eigenvalue weighted by atomic mass is 10.1. The number of hydrogen-bond donors (Lipinski definition) is 2. The molecule has 0 bridgehead atoms. The Bertz CT molecular complexity index is 722. The smallest absolute Gasteiger partial charge is 0.159 e. The van der Waals surface area contributed by atoms with Crippen LogP contribution in [0.25, 0.3) is 21.7 Å². The molecule has 0 atom stereocenters. The molecule has 0 amide bonds. The third-order valence-corrected chi connectivity index (χ3v) is 4.45. The second-order valence-corrected chi connectivity index (χ2v) is 6.40. The van der Waals surface area contributed by atoms with E-state index in [1.165, 1.54) is 11.3 Å². The van der Waals surface area contributed by atoms with Crippen molar-refractivity contribution in [2.75, 3.05) is 0 Å². The molecule has 1 heterocycles. The zero-order chi connectivity index (χ0) is 14.1. The Kier molecular flexibility index (Phi) is 3.61. The first-order chi connectivity index (χ1) is 9.63. The first-order valence-corrected chi connectivity index (χ1v) is 7.52. The van der Waals surface area contributed by atoms with E-state index in [0.29, 0.717) is 5.02 Å². The first kappa shape index (κ1) is 13.4. The lowest BCUT2D eigenvalue weighted by Crippen LogP contribution is -1.81. The normalized spacial score (nSPS) is 10.7. The van der Waals surface area contributed by atoms with Crippen LogP contribution in [0.1, 0.15) is 0 Å². The van der Waals surface area contributed by atoms with Crippen LogP contribution in [0.4, 0.5) is 0 Å². The second-order valence-electron chi connectivity index (χ2n) is 4.27. The van der Waals surface area contributed by atoms with E-state index in [1.54, 1.807) is 12.1 Å². The van der Waals surface area contributed by atoms with Crippen LogP contribution < -0.4 is 0 Å². The van der Waals surface area contributed by atoms with Gasteiger partial charge in [0.1, 0.15) is 5.75 Å². The molecule has 0 spiro atoms. The van der Waals surface area contributed by atoms with Gasteiger partial charge >= 0.3 is 0 Å². The maximum absolute atomic E-state index is 9.39. The molecule has 3 aromatic rings. The van der Waals surface area contributed by atoms with E-state index >= 15 is 0 Å². The maximum atomic E-state index is 9.39. The highest BCUT2D eigenvalue weighted by molar-refractivity contribution is 7.73. The highest BCUT2D eigenvalue weighted by Gasteiger charge is 2.11. The summed E-state index contributed by atoms with van der Waals surface area (Å²) in [5.41, 5.74) is 3.03. The number of aromatic nitrogens is 1. The van der Waals surface area contributed by atoms with Crippen molar-refractivity contribution >= 4 is 35.2 Å². The van der Waals surface area contributed by atoms with Gasteiger partial charge in [-0.2, -0.15) is 0 Å². The Morgan fingerprint density at radius 1 is 0.950 bits per heavy atom. The van der Waals surface area contributed by atoms with Gasteiger partial charge in [0.25, 0.3) is 0 Å². The fourth-order valence-corrected chi connectivity index (χ4v) is 3.31. The van der Waals surface area contributed by atoms with E-state index in [4.69, 9.17) is 23.8 Å². The van der Waals surface area contributed by atoms with E-state index in [9.17, 15) is 5.11 Å².